The number of amides is 1. The molecule has 35 heavy (non-hydrogen) atoms. The summed E-state index contributed by atoms with van der Waals surface area (Å²) in [7, 11) is 0. The molecule has 0 radical (unpaired) electrons. The van der Waals surface area contributed by atoms with E-state index >= 15 is 0 Å². The van der Waals surface area contributed by atoms with Gasteiger partial charge in [0.15, 0.2) is 0 Å². The Morgan fingerprint density at radius 2 is 1.89 bits per heavy atom. The van der Waals surface area contributed by atoms with E-state index in [9.17, 15) is 14.9 Å². The van der Waals surface area contributed by atoms with Crippen molar-refractivity contribution in [1.29, 1.82) is 5.26 Å². The summed E-state index contributed by atoms with van der Waals surface area (Å²) < 4.78 is 2.19. The number of nitriles is 1. The van der Waals surface area contributed by atoms with E-state index in [-0.39, 0.29) is 23.1 Å². The monoisotopic (exact) mass is 506 g/mol. The van der Waals surface area contributed by atoms with Crippen molar-refractivity contribution >= 4 is 46.1 Å². The number of hydrogen-bond acceptors (Lipinski definition) is 6. The fourth-order valence-electron chi connectivity index (χ4n) is 4.82. The van der Waals surface area contributed by atoms with Gasteiger partial charge in [0.1, 0.15) is 21.8 Å². The average molecular weight is 507 g/mol. The Kier molecular flexibility index (Phi) is 7.48. The van der Waals surface area contributed by atoms with Crippen molar-refractivity contribution in [3.63, 3.8) is 0 Å². The van der Waals surface area contributed by atoms with Gasteiger partial charge >= 0.3 is 0 Å². The summed E-state index contributed by atoms with van der Waals surface area (Å²) in [5.74, 6) is 1.27. The van der Waals surface area contributed by atoms with E-state index in [2.05, 4.69) is 17.9 Å². The number of carbonyl (C=O) groups is 1. The second-order valence-electron chi connectivity index (χ2n) is 9.21. The van der Waals surface area contributed by atoms with Crippen LogP contribution >= 0.6 is 24.0 Å². The van der Waals surface area contributed by atoms with Crippen molar-refractivity contribution < 1.29 is 4.79 Å². The molecular weight excluding hydrogens is 476 g/mol. The van der Waals surface area contributed by atoms with Crippen molar-refractivity contribution in [3.8, 4) is 6.07 Å². The molecule has 0 N–H and O–H groups in total. The molecule has 6 nitrogen and oxygen atoms in total. The minimum absolute atomic E-state index is 0.125. The number of aromatic nitrogens is 1. The van der Waals surface area contributed by atoms with Crippen LogP contribution in [0.5, 0.6) is 0 Å². The third kappa shape index (κ3) is 4.67. The summed E-state index contributed by atoms with van der Waals surface area (Å²) in [5, 5.41) is 9.78. The maximum absolute atomic E-state index is 13.6. The van der Waals surface area contributed by atoms with Crippen molar-refractivity contribution in [2.45, 2.75) is 53.1 Å². The second kappa shape index (κ2) is 10.4. The Bertz CT molecular complexity index is 1280. The molecule has 4 rings (SSSR count). The molecule has 8 heteroatoms. The summed E-state index contributed by atoms with van der Waals surface area (Å²) in [5.41, 5.74) is 2.22. The number of thioether (sulfide) groups is 1. The van der Waals surface area contributed by atoms with E-state index in [0.717, 1.165) is 42.9 Å². The predicted octanol–water partition coefficient (Wildman–Crippen LogP) is 5.25. The van der Waals surface area contributed by atoms with E-state index in [1.54, 1.807) is 16.4 Å². The second-order valence-corrected chi connectivity index (χ2v) is 10.9. The van der Waals surface area contributed by atoms with Crippen molar-refractivity contribution in [2.24, 2.45) is 5.92 Å². The van der Waals surface area contributed by atoms with Crippen LogP contribution in [-0.4, -0.2) is 32.8 Å². The zero-order valence-corrected chi connectivity index (χ0v) is 22.2. The lowest BCUT2D eigenvalue weighted by molar-refractivity contribution is -0.123. The molecule has 0 aliphatic carbocycles. The van der Waals surface area contributed by atoms with E-state index < -0.39 is 0 Å². The Morgan fingerprint density at radius 1 is 1.23 bits per heavy atom. The highest BCUT2D eigenvalue weighted by Crippen LogP contribution is 2.40. The molecule has 2 saturated heterocycles. The first-order valence-corrected chi connectivity index (χ1v) is 13.2. The van der Waals surface area contributed by atoms with Gasteiger partial charge in [0.25, 0.3) is 11.5 Å². The molecule has 2 aromatic rings. The van der Waals surface area contributed by atoms with Crippen LogP contribution in [-0.2, 0) is 11.3 Å². The standard InChI is InChI=1S/C27H30N4O2S2/c1-5-30-24(29-13-11-17(2)12-14-29)21(18(3)22(16-28)25(30)32)15-23-26(33)31(27(34)35-23)19(4)20-9-7-6-8-10-20/h6-10,15,17,19H,5,11-14H2,1-4H3/b23-15-. The van der Waals surface area contributed by atoms with Gasteiger partial charge in [0, 0.05) is 25.2 Å². The molecule has 1 aromatic heterocycles. The SMILES string of the molecule is CCn1c(N2CCC(C)CC2)c(/C=C2\SC(=S)N(C(C)c3ccccc3)C2=O)c(C)c(C#N)c1=O. The Balaban J connectivity index is 1.83. The van der Waals surface area contributed by atoms with Gasteiger partial charge in [-0.25, -0.2) is 0 Å². The van der Waals surface area contributed by atoms with Crippen LogP contribution in [0.1, 0.15) is 61.9 Å². The molecular formula is C27H30N4O2S2. The minimum Gasteiger partial charge on any atom is -0.357 e. The fraction of sp³-hybridized carbons (Fsp3) is 0.407. The lowest BCUT2D eigenvalue weighted by Gasteiger charge is -2.35. The summed E-state index contributed by atoms with van der Waals surface area (Å²) in [4.78, 5) is 31.1. The number of pyridine rings is 1. The Morgan fingerprint density at radius 3 is 2.49 bits per heavy atom. The molecule has 3 heterocycles. The summed E-state index contributed by atoms with van der Waals surface area (Å²) in [6, 6.07) is 11.7. The van der Waals surface area contributed by atoms with Gasteiger partial charge in [0.05, 0.1) is 10.9 Å². The lowest BCUT2D eigenvalue weighted by atomic mass is 9.97. The maximum Gasteiger partial charge on any atom is 0.270 e. The summed E-state index contributed by atoms with van der Waals surface area (Å²) >= 11 is 6.89. The van der Waals surface area contributed by atoms with Crippen molar-refractivity contribution in [3.05, 3.63) is 67.8 Å². The highest BCUT2D eigenvalue weighted by atomic mass is 32.2. The summed E-state index contributed by atoms with van der Waals surface area (Å²) in [6.45, 7) is 10.0. The quantitative estimate of drug-likeness (QED) is 0.408. The van der Waals surface area contributed by atoms with E-state index in [4.69, 9.17) is 12.2 Å². The topological polar surface area (TPSA) is 69.3 Å². The van der Waals surface area contributed by atoms with Gasteiger partial charge in [-0.3, -0.25) is 19.1 Å². The van der Waals surface area contributed by atoms with Gasteiger partial charge in [0.2, 0.25) is 0 Å². The fourth-order valence-corrected chi connectivity index (χ4v) is 6.22. The molecule has 2 aliphatic heterocycles. The average Bonchev–Trinajstić information content (AvgIpc) is 3.14. The molecule has 1 amide bonds. The van der Waals surface area contributed by atoms with Crippen LogP contribution in [0.4, 0.5) is 5.82 Å². The zero-order chi connectivity index (χ0) is 25.3. The van der Waals surface area contributed by atoms with Gasteiger partial charge in [-0.2, -0.15) is 5.26 Å². The molecule has 2 fully saturated rings. The largest absolute Gasteiger partial charge is 0.357 e. The molecule has 182 valence electrons. The lowest BCUT2D eigenvalue weighted by Crippen LogP contribution is -2.39. The molecule has 1 aromatic carbocycles. The number of benzene rings is 1. The smallest absolute Gasteiger partial charge is 0.270 e. The third-order valence-corrected chi connectivity index (χ3v) is 8.34. The molecule has 2 aliphatic rings. The highest BCUT2D eigenvalue weighted by Gasteiger charge is 2.37. The molecule has 0 saturated carbocycles. The number of carbonyl (C=O) groups excluding carboxylic acids is 1. The van der Waals surface area contributed by atoms with Crippen molar-refractivity contribution in [1.82, 2.24) is 9.47 Å². The van der Waals surface area contributed by atoms with Crippen LogP contribution in [0.15, 0.2) is 40.0 Å². The molecule has 0 bridgehead atoms. The molecule has 0 spiro atoms. The number of nitrogens with zero attached hydrogens (tertiary/aromatic N) is 4. The number of rotatable bonds is 5. The number of thiocarbonyl (C=S) groups is 1. The zero-order valence-electron chi connectivity index (χ0n) is 20.6. The van der Waals surface area contributed by atoms with Crippen LogP contribution in [0.2, 0.25) is 0 Å². The first-order valence-electron chi connectivity index (χ1n) is 12.0. The van der Waals surface area contributed by atoms with Crippen molar-refractivity contribution in [2.75, 3.05) is 18.0 Å². The van der Waals surface area contributed by atoms with Gasteiger partial charge in [-0.15, -0.1) is 0 Å². The Labute approximate surface area is 216 Å². The van der Waals surface area contributed by atoms with Gasteiger partial charge in [-0.1, -0.05) is 61.2 Å². The van der Waals surface area contributed by atoms with Crippen LogP contribution in [0.3, 0.4) is 0 Å². The first kappa shape index (κ1) is 25.2. The van der Waals surface area contributed by atoms with Gasteiger partial charge < -0.3 is 4.90 Å². The van der Waals surface area contributed by atoms with E-state index in [1.165, 1.54) is 11.8 Å². The third-order valence-electron chi connectivity index (χ3n) is 7.01. The van der Waals surface area contributed by atoms with Crippen LogP contribution in [0, 0.1) is 24.2 Å². The molecule has 1 unspecified atom stereocenters. The van der Waals surface area contributed by atoms with Crippen LogP contribution < -0.4 is 10.5 Å². The number of piperidine rings is 1. The Hall–Kier alpha value is -2.89. The van der Waals surface area contributed by atoms with E-state index in [0.29, 0.717) is 27.3 Å². The first-order chi connectivity index (χ1) is 16.8. The number of anilines is 1. The predicted molar refractivity (Wildman–Crippen MR) is 146 cm³/mol. The van der Waals surface area contributed by atoms with Crippen LogP contribution in [0.25, 0.3) is 6.08 Å². The normalized spacial score (nSPS) is 18.9. The maximum atomic E-state index is 13.6. The minimum atomic E-state index is -0.275. The summed E-state index contributed by atoms with van der Waals surface area (Å²) in [6.07, 6.45) is 3.91. The number of hydrogen-bond donors (Lipinski definition) is 0. The highest BCUT2D eigenvalue weighted by molar-refractivity contribution is 8.26. The van der Waals surface area contributed by atoms with E-state index in [1.807, 2.05) is 50.3 Å². The van der Waals surface area contributed by atoms with Gasteiger partial charge in [-0.05, 0) is 56.7 Å². The molecule has 1 atom stereocenters.